The van der Waals surface area contributed by atoms with E-state index in [0.29, 0.717) is 0 Å². The van der Waals surface area contributed by atoms with Crippen LogP contribution in [0.3, 0.4) is 0 Å². The summed E-state index contributed by atoms with van der Waals surface area (Å²) < 4.78 is 249. The highest BCUT2D eigenvalue weighted by molar-refractivity contribution is 8.25. The maximum Gasteiger partial charge on any atom is 0.469 e. The van der Waals surface area contributed by atoms with Gasteiger partial charge in [0, 0.05) is 0 Å². The molecule has 0 N–H and O–H groups in total. The monoisotopic (exact) mass is 663 g/mol. The van der Waals surface area contributed by atoms with Gasteiger partial charge < -0.3 is 4.90 Å². The Hall–Kier alpha value is -1.24. The molecule has 0 fully saturated rings. The summed E-state index contributed by atoms with van der Waals surface area (Å²) in [7, 11) is -27.5. The van der Waals surface area contributed by atoms with Crippen molar-refractivity contribution in [2.45, 2.75) is 59.0 Å². The summed E-state index contributed by atoms with van der Waals surface area (Å²) in [4.78, 5) is 2.38. The van der Waals surface area contributed by atoms with E-state index in [9.17, 15) is 91.1 Å². The van der Waals surface area contributed by atoms with Gasteiger partial charge in [-0.3, -0.25) is 0 Å². The molecule has 0 saturated carbocycles. The van der Waals surface area contributed by atoms with Crippen LogP contribution in [0.5, 0.6) is 0 Å². The van der Waals surface area contributed by atoms with Crippen molar-refractivity contribution in [2.24, 2.45) is 0 Å². The lowest BCUT2D eigenvalue weighted by Crippen LogP contribution is -2.62. The van der Waals surface area contributed by atoms with Crippen LogP contribution in [-0.2, 0) is 29.5 Å². The lowest BCUT2D eigenvalue weighted by atomic mass is 10.5. The van der Waals surface area contributed by atoms with Gasteiger partial charge in [0.1, 0.15) is 0 Å². The molecule has 0 aliphatic rings. The Morgan fingerprint density at radius 3 is 0.684 bits per heavy atom. The van der Waals surface area contributed by atoms with E-state index in [1.165, 1.54) is 19.6 Å². The number of hydrogen-bond donors (Lipinski definition) is 0. The van der Waals surface area contributed by atoms with Gasteiger partial charge in [-0.15, -0.1) is 0 Å². The molecule has 0 amide bonds. The molecule has 0 aliphatic carbocycles. The van der Waals surface area contributed by atoms with Gasteiger partial charge >= 0.3 is 34.3 Å². The third kappa shape index (κ3) is 6.72. The van der Waals surface area contributed by atoms with E-state index in [1.54, 1.807) is 0 Å². The zero-order valence-electron chi connectivity index (χ0n) is 18.5. The topological polar surface area (TPSA) is 106 Å². The van der Waals surface area contributed by atoms with Gasteiger partial charge in [0.05, 0.1) is 0 Å². The number of halogens is 15. The van der Waals surface area contributed by atoms with Crippen molar-refractivity contribution in [2.75, 3.05) is 19.6 Å². The first-order valence-electron chi connectivity index (χ1n) is 8.97. The maximum absolute atomic E-state index is 13.1. The van der Waals surface area contributed by atoms with E-state index in [-0.39, 0.29) is 0 Å². The molecule has 0 aromatic carbocycles. The maximum atomic E-state index is 13.1. The Kier molecular flexibility index (Phi) is 11.6. The molecule has 0 bridgehead atoms. The van der Waals surface area contributed by atoms with Gasteiger partial charge in [-0.2, -0.15) is 65.9 Å². The predicted octanol–water partition coefficient (Wildman–Crippen LogP) is 4.33. The molecule has 0 heterocycles. The summed E-state index contributed by atoms with van der Waals surface area (Å²) in [6.45, 7) is 10.1. The van der Waals surface area contributed by atoms with Gasteiger partial charge in [0.2, 0.25) is 0 Å². The van der Waals surface area contributed by atoms with E-state index in [2.05, 4.69) is 25.7 Å². The molecule has 0 atom stereocenters. The van der Waals surface area contributed by atoms with Crippen molar-refractivity contribution in [1.29, 1.82) is 0 Å². The minimum atomic E-state index is -9.15. The van der Waals surface area contributed by atoms with Crippen molar-refractivity contribution in [3.63, 3.8) is 0 Å². The van der Waals surface area contributed by atoms with Crippen molar-refractivity contribution in [1.82, 2.24) is 4.90 Å². The van der Waals surface area contributed by atoms with E-state index in [0.717, 1.165) is 0 Å². The van der Waals surface area contributed by atoms with E-state index >= 15 is 0 Å². The first-order chi connectivity index (χ1) is 16.2. The molecule has 7 nitrogen and oxygen atoms in total. The van der Waals surface area contributed by atoms with Crippen LogP contribution >= 0.6 is 0 Å². The van der Waals surface area contributed by atoms with Gasteiger partial charge in [0.25, 0.3) is 33.4 Å². The van der Waals surface area contributed by atoms with E-state index < -0.39 is 67.7 Å². The van der Waals surface area contributed by atoms with Crippen LogP contribution in [0.25, 0.3) is 0 Å². The van der Waals surface area contributed by atoms with Crippen molar-refractivity contribution < 1.29 is 91.1 Å². The Morgan fingerprint density at radius 1 is 0.447 bits per heavy atom. The zero-order valence-corrected chi connectivity index (χ0v) is 20.9. The standard InChI is InChI=1S/C7HF15O6S3.C6H15N/c8-2(9,10)5(17,18)29(23,24)1(30(25,26)6(19,20)3(11,12)13)31(27,28)7(21,22)4(14,15)16;1-4-7(5-2)6-3/h1H;4-6H2,1-3H3. The first-order valence-corrected chi connectivity index (χ1v) is 13.6. The molecule has 25 heteroatoms. The molecular formula is C13H16F15NO6S3. The molecule has 0 aromatic heterocycles. The van der Waals surface area contributed by atoms with Crippen LogP contribution in [0.2, 0.25) is 0 Å². The third-order valence-corrected chi connectivity index (χ3v) is 13.1. The van der Waals surface area contributed by atoms with Gasteiger partial charge in [-0.1, -0.05) is 20.8 Å². The molecule has 0 spiro atoms. The number of hydrogen-bond acceptors (Lipinski definition) is 7. The van der Waals surface area contributed by atoms with Gasteiger partial charge in [-0.05, 0) is 19.6 Å². The summed E-state index contributed by atoms with van der Waals surface area (Å²) in [5.74, 6) is 0. The van der Waals surface area contributed by atoms with Gasteiger partial charge in [-0.25, -0.2) is 25.3 Å². The van der Waals surface area contributed by atoms with Crippen molar-refractivity contribution >= 4 is 29.5 Å². The number of alkyl halides is 15. The molecule has 38 heavy (non-hydrogen) atoms. The number of nitrogens with zero attached hydrogens (tertiary/aromatic N) is 1. The quantitative estimate of drug-likeness (QED) is 0.339. The molecule has 232 valence electrons. The Morgan fingerprint density at radius 2 is 0.605 bits per heavy atom. The Bertz CT molecular complexity index is 980. The van der Waals surface area contributed by atoms with Gasteiger partial charge in [0.15, 0.2) is 0 Å². The summed E-state index contributed by atoms with van der Waals surface area (Å²) in [6.07, 6.45) is -23.4. The van der Waals surface area contributed by atoms with Crippen LogP contribution < -0.4 is 0 Å². The second kappa shape index (κ2) is 11.3. The number of rotatable bonds is 9. The summed E-state index contributed by atoms with van der Waals surface area (Å²) in [6, 6.07) is 0. The molecule has 0 radical (unpaired) electrons. The Balaban J connectivity index is 0. The second-order valence-corrected chi connectivity index (χ2v) is 13.7. The molecule has 0 aliphatic heterocycles. The van der Waals surface area contributed by atoms with E-state index in [1.807, 2.05) is 0 Å². The average molecular weight is 663 g/mol. The summed E-state index contributed by atoms with van der Waals surface area (Å²) >= 11 is 0. The van der Waals surface area contributed by atoms with E-state index in [4.69, 9.17) is 0 Å². The minimum absolute atomic E-state index is 1.19. The smallest absolute Gasteiger partial charge is 0.304 e. The third-order valence-electron chi connectivity index (χ3n) is 4.16. The van der Waals surface area contributed by atoms with Crippen LogP contribution in [0, 0.1) is 0 Å². The molecule has 0 unspecified atom stereocenters. The fraction of sp³-hybridized carbons (Fsp3) is 1.00. The SMILES string of the molecule is CCN(CC)CC.O=S(=O)(C(S(=O)(=O)C(F)(F)C(F)(F)F)S(=O)(=O)C(F)(F)C(F)(F)F)C(F)(F)C(F)(F)F. The highest BCUT2D eigenvalue weighted by atomic mass is 32.3. The zero-order chi connectivity index (χ0) is 31.8. The van der Waals surface area contributed by atoms with Crippen LogP contribution in [-0.4, -0.2) is 88.0 Å². The van der Waals surface area contributed by atoms with Crippen LogP contribution in [0.1, 0.15) is 20.8 Å². The normalized spacial score (nSPS) is 15.5. The molecule has 0 aromatic rings. The minimum Gasteiger partial charge on any atom is -0.304 e. The second-order valence-electron chi connectivity index (χ2n) is 6.59. The summed E-state index contributed by atoms with van der Waals surface area (Å²) in [5.41, 5.74) is 0. The Labute approximate surface area is 204 Å². The highest BCUT2D eigenvalue weighted by Crippen LogP contribution is 2.52. The largest absolute Gasteiger partial charge is 0.469 e. The van der Waals surface area contributed by atoms with Crippen LogP contribution in [0.4, 0.5) is 65.9 Å². The average Bonchev–Trinajstić information content (AvgIpc) is 2.66. The molecule has 0 saturated heterocycles. The fourth-order valence-corrected chi connectivity index (χ4v) is 9.89. The highest BCUT2D eigenvalue weighted by Gasteiger charge is 2.83. The molecule has 0 rings (SSSR count). The van der Waals surface area contributed by atoms with Crippen molar-refractivity contribution in [3.8, 4) is 0 Å². The first kappa shape index (κ1) is 38.9. The number of sulfone groups is 3. The molecular weight excluding hydrogens is 647 g/mol. The fourth-order valence-electron chi connectivity index (χ4n) is 2.02. The van der Waals surface area contributed by atoms with Crippen LogP contribution in [0.15, 0.2) is 0 Å². The lowest BCUT2D eigenvalue weighted by molar-refractivity contribution is -0.243. The lowest BCUT2D eigenvalue weighted by Gasteiger charge is -2.30. The predicted molar refractivity (Wildman–Crippen MR) is 97.0 cm³/mol. The van der Waals surface area contributed by atoms with Crippen molar-refractivity contribution in [3.05, 3.63) is 0 Å². The summed E-state index contributed by atoms with van der Waals surface area (Å²) in [5, 5.41) is -24.1.